The predicted octanol–water partition coefficient (Wildman–Crippen LogP) is 3.12. The van der Waals surface area contributed by atoms with Crippen LogP contribution in [0.1, 0.15) is 31.1 Å². The number of ether oxygens (including phenoxy) is 1. The zero-order chi connectivity index (χ0) is 12.8. The molecule has 2 N–H and O–H groups in total. The van der Waals surface area contributed by atoms with E-state index >= 15 is 0 Å². The van der Waals surface area contributed by atoms with Gasteiger partial charge in [0.15, 0.2) is 0 Å². The smallest absolute Gasteiger partial charge is 0.0736 e. The fourth-order valence-electron chi connectivity index (χ4n) is 1.82. The van der Waals surface area contributed by atoms with E-state index in [-0.39, 0.29) is 6.04 Å². The summed E-state index contributed by atoms with van der Waals surface area (Å²) in [6.07, 6.45) is 1.76. The third-order valence-corrected chi connectivity index (χ3v) is 2.84. The van der Waals surface area contributed by atoms with Crippen molar-refractivity contribution >= 4 is 5.69 Å². The Morgan fingerprint density at radius 1 is 1.33 bits per heavy atom. The van der Waals surface area contributed by atoms with Crippen LogP contribution in [0, 0.1) is 0 Å². The van der Waals surface area contributed by atoms with Gasteiger partial charge in [0.2, 0.25) is 0 Å². The Balaban J connectivity index is 2.08. The number of hydrogen-bond donors (Lipinski definition) is 2. The molecule has 2 rings (SSSR count). The molecule has 0 aliphatic carbocycles. The maximum Gasteiger partial charge on any atom is 0.0736 e. The number of H-pyrrole nitrogens is 1. The van der Waals surface area contributed by atoms with Gasteiger partial charge in [-0.05, 0) is 26.0 Å². The van der Waals surface area contributed by atoms with Crippen molar-refractivity contribution in [1.29, 1.82) is 0 Å². The number of anilines is 1. The molecular formula is C14H19N3O. The molecule has 0 fully saturated rings. The van der Waals surface area contributed by atoms with Crippen LogP contribution in [0.4, 0.5) is 5.69 Å². The van der Waals surface area contributed by atoms with Crippen LogP contribution in [0.2, 0.25) is 0 Å². The fraction of sp³-hybridized carbons (Fsp3) is 0.357. The lowest BCUT2D eigenvalue weighted by molar-refractivity contribution is 0.134. The minimum Gasteiger partial charge on any atom is -0.377 e. The summed E-state index contributed by atoms with van der Waals surface area (Å²) in [5.74, 6) is 0. The number of nitrogens with one attached hydrogen (secondary N) is 2. The molecule has 1 aromatic heterocycles. The summed E-state index contributed by atoms with van der Waals surface area (Å²) in [5.41, 5.74) is 3.35. The van der Waals surface area contributed by atoms with E-state index in [0.29, 0.717) is 6.61 Å². The number of aromatic nitrogens is 2. The van der Waals surface area contributed by atoms with Crippen molar-refractivity contribution in [3.63, 3.8) is 0 Å². The third kappa shape index (κ3) is 3.11. The summed E-state index contributed by atoms with van der Waals surface area (Å²) in [6, 6.07) is 10.4. The second-order valence-corrected chi connectivity index (χ2v) is 4.17. The Morgan fingerprint density at radius 3 is 2.89 bits per heavy atom. The van der Waals surface area contributed by atoms with Crippen LogP contribution in [-0.2, 0) is 11.3 Å². The first-order chi connectivity index (χ1) is 8.81. The molecule has 4 nitrogen and oxygen atoms in total. The van der Waals surface area contributed by atoms with E-state index < -0.39 is 0 Å². The first kappa shape index (κ1) is 12.6. The maximum atomic E-state index is 5.47. The molecule has 0 amide bonds. The van der Waals surface area contributed by atoms with Gasteiger partial charge in [-0.2, -0.15) is 5.10 Å². The zero-order valence-corrected chi connectivity index (χ0v) is 10.8. The van der Waals surface area contributed by atoms with E-state index in [4.69, 9.17) is 4.74 Å². The lowest BCUT2D eigenvalue weighted by Crippen LogP contribution is -2.09. The average molecular weight is 245 g/mol. The van der Waals surface area contributed by atoms with Crippen LogP contribution in [0.15, 0.2) is 36.5 Å². The molecule has 0 saturated heterocycles. The molecule has 2 aromatic rings. The topological polar surface area (TPSA) is 49.9 Å². The molecule has 0 bridgehead atoms. The summed E-state index contributed by atoms with van der Waals surface area (Å²) in [7, 11) is 0. The molecule has 96 valence electrons. The van der Waals surface area contributed by atoms with Crippen LogP contribution in [-0.4, -0.2) is 16.8 Å². The van der Waals surface area contributed by atoms with Crippen LogP contribution >= 0.6 is 0 Å². The maximum absolute atomic E-state index is 5.47. The summed E-state index contributed by atoms with van der Waals surface area (Å²) < 4.78 is 5.47. The lowest BCUT2D eigenvalue weighted by atomic mass is 10.1. The van der Waals surface area contributed by atoms with E-state index in [1.54, 1.807) is 6.20 Å². The van der Waals surface area contributed by atoms with E-state index in [0.717, 1.165) is 18.0 Å². The molecule has 0 radical (unpaired) electrons. The van der Waals surface area contributed by atoms with Crippen molar-refractivity contribution < 1.29 is 4.74 Å². The number of aromatic amines is 1. The van der Waals surface area contributed by atoms with Crippen LogP contribution in [0.25, 0.3) is 0 Å². The third-order valence-electron chi connectivity index (χ3n) is 2.84. The lowest BCUT2D eigenvalue weighted by Gasteiger charge is -2.17. The monoisotopic (exact) mass is 245 g/mol. The standard InChI is InChI=1S/C14H19N3O/c1-3-18-10-12-6-4-5-7-14(12)16-11(2)13-8-9-15-17-13/h4-9,11,16H,3,10H2,1-2H3,(H,15,17). The van der Waals surface area contributed by atoms with Gasteiger partial charge in [-0.25, -0.2) is 0 Å². The number of nitrogens with zero attached hydrogens (tertiary/aromatic N) is 1. The van der Waals surface area contributed by atoms with Crippen molar-refractivity contribution in [2.45, 2.75) is 26.5 Å². The molecule has 0 spiro atoms. The quantitative estimate of drug-likeness (QED) is 0.822. The first-order valence-electron chi connectivity index (χ1n) is 6.22. The Labute approximate surface area is 107 Å². The van der Waals surface area contributed by atoms with Gasteiger partial charge < -0.3 is 10.1 Å². The van der Waals surface area contributed by atoms with Crippen LogP contribution in [0.3, 0.4) is 0 Å². The minimum atomic E-state index is 0.190. The van der Waals surface area contributed by atoms with Gasteiger partial charge in [0.25, 0.3) is 0 Å². The van der Waals surface area contributed by atoms with Crippen molar-refractivity contribution in [1.82, 2.24) is 10.2 Å². The first-order valence-corrected chi connectivity index (χ1v) is 6.22. The Hall–Kier alpha value is -1.81. The summed E-state index contributed by atoms with van der Waals surface area (Å²) in [5, 5.41) is 10.4. The Bertz CT molecular complexity index is 468. The number of para-hydroxylation sites is 1. The number of rotatable bonds is 6. The molecule has 1 aromatic carbocycles. The number of hydrogen-bond acceptors (Lipinski definition) is 3. The van der Waals surface area contributed by atoms with Crippen molar-refractivity contribution in [2.24, 2.45) is 0 Å². The molecule has 4 heteroatoms. The second-order valence-electron chi connectivity index (χ2n) is 4.17. The van der Waals surface area contributed by atoms with E-state index in [1.807, 2.05) is 25.1 Å². The van der Waals surface area contributed by atoms with Crippen molar-refractivity contribution in [2.75, 3.05) is 11.9 Å². The molecule has 1 heterocycles. The zero-order valence-electron chi connectivity index (χ0n) is 10.8. The second kappa shape index (κ2) is 6.21. The van der Waals surface area contributed by atoms with Crippen LogP contribution < -0.4 is 5.32 Å². The van der Waals surface area contributed by atoms with Crippen molar-refractivity contribution in [3.8, 4) is 0 Å². The molecule has 1 unspecified atom stereocenters. The van der Waals surface area contributed by atoms with Gasteiger partial charge in [-0.3, -0.25) is 5.10 Å². The van der Waals surface area contributed by atoms with Gasteiger partial charge in [0.1, 0.15) is 0 Å². The predicted molar refractivity (Wildman–Crippen MR) is 72.4 cm³/mol. The molecule has 0 aliphatic heterocycles. The SMILES string of the molecule is CCOCc1ccccc1NC(C)c1ccn[nH]1. The summed E-state index contributed by atoms with van der Waals surface area (Å²) in [4.78, 5) is 0. The van der Waals surface area contributed by atoms with Gasteiger partial charge in [0.05, 0.1) is 18.3 Å². The Morgan fingerprint density at radius 2 is 2.17 bits per heavy atom. The molecule has 18 heavy (non-hydrogen) atoms. The summed E-state index contributed by atoms with van der Waals surface area (Å²) >= 11 is 0. The Kier molecular flexibility index (Phi) is 4.36. The van der Waals surface area contributed by atoms with E-state index in [9.17, 15) is 0 Å². The largest absolute Gasteiger partial charge is 0.377 e. The summed E-state index contributed by atoms with van der Waals surface area (Å²) in [6.45, 7) is 5.47. The van der Waals surface area contributed by atoms with E-state index in [2.05, 4.69) is 34.6 Å². The highest BCUT2D eigenvalue weighted by atomic mass is 16.5. The molecular weight excluding hydrogens is 226 g/mol. The van der Waals surface area contributed by atoms with Gasteiger partial charge in [-0.15, -0.1) is 0 Å². The highest BCUT2D eigenvalue weighted by molar-refractivity contribution is 5.51. The molecule has 0 saturated carbocycles. The van der Waals surface area contributed by atoms with E-state index in [1.165, 1.54) is 5.56 Å². The molecule has 1 atom stereocenters. The van der Waals surface area contributed by atoms with Gasteiger partial charge >= 0.3 is 0 Å². The normalized spacial score (nSPS) is 12.3. The minimum absolute atomic E-state index is 0.190. The average Bonchev–Trinajstić information content (AvgIpc) is 2.91. The fourth-order valence-corrected chi connectivity index (χ4v) is 1.82. The van der Waals surface area contributed by atoms with Gasteiger partial charge in [-0.1, -0.05) is 18.2 Å². The van der Waals surface area contributed by atoms with Crippen molar-refractivity contribution in [3.05, 3.63) is 47.8 Å². The highest BCUT2D eigenvalue weighted by Gasteiger charge is 2.08. The highest BCUT2D eigenvalue weighted by Crippen LogP contribution is 2.21. The van der Waals surface area contributed by atoms with Gasteiger partial charge in [0, 0.05) is 24.1 Å². The van der Waals surface area contributed by atoms with Crippen LogP contribution in [0.5, 0.6) is 0 Å². The number of benzene rings is 1. The molecule has 0 aliphatic rings.